The third kappa shape index (κ3) is 6.74. The minimum atomic E-state index is -4.45. The Labute approximate surface area is 213 Å². The number of methoxy groups -OCH3 is 1. The second-order valence-corrected chi connectivity index (χ2v) is 11.7. The Kier molecular flexibility index (Phi) is 8.76. The number of hydrogen-bond acceptors (Lipinski definition) is 6. The summed E-state index contributed by atoms with van der Waals surface area (Å²) in [6, 6.07) is 2.31. The van der Waals surface area contributed by atoms with Gasteiger partial charge in [0, 0.05) is 36.7 Å². The van der Waals surface area contributed by atoms with E-state index < -0.39 is 39.5 Å². The number of carbonyl (C=O) groups is 1. The molecule has 0 aliphatic heterocycles. The maximum absolute atomic E-state index is 15.5. The number of ether oxygens (including phenoxy) is 1. The molecule has 37 heavy (non-hydrogen) atoms. The molecule has 1 amide bonds. The molecular weight excluding hydrogens is 516 g/mol. The Morgan fingerprint density at radius 1 is 1.24 bits per heavy atom. The van der Waals surface area contributed by atoms with Gasteiger partial charge in [0.2, 0.25) is 0 Å². The predicted molar refractivity (Wildman–Crippen MR) is 132 cm³/mol. The monoisotopic (exact) mass is 548 g/mol. The maximum Gasteiger partial charge on any atom is 0.408 e. The van der Waals surface area contributed by atoms with Gasteiger partial charge in [-0.15, -0.1) is 0 Å². The van der Waals surface area contributed by atoms with Gasteiger partial charge in [0.15, 0.2) is 11.5 Å². The second-order valence-electron chi connectivity index (χ2n) is 9.33. The van der Waals surface area contributed by atoms with Gasteiger partial charge in [-0.1, -0.05) is 0 Å². The molecule has 0 saturated heterocycles. The predicted octanol–water partition coefficient (Wildman–Crippen LogP) is 4.41. The molecule has 8 nitrogen and oxygen atoms in total. The lowest BCUT2D eigenvalue weighted by Crippen LogP contribution is -2.34. The van der Waals surface area contributed by atoms with Crippen molar-refractivity contribution in [3.05, 3.63) is 29.7 Å². The lowest BCUT2D eigenvalue weighted by molar-refractivity contribution is -0.138. The highest BCUT2D eigenvalue weighted by molar-refractivity contribution is 7.91. The molecule has 1 atom stereocenters. The molecule has 3 rings (SSSR count). The van der Waals surface area contributed by atoms with Crippen LogP contribution in [-0.2, 0) is 16.4 Å². The number of nitrogens with zero attached hydrogens (tertiary/aromatic N) is 2. The largest absolute Gasteiger partial charge is 0.496 e. The van der Waals surface area contributed by atoms with Gasteiger partial charge >= 0.3 is 6.18 Å². The van der Waals surface area contributed by atoms with Gasteiger partial charge in [-0.05, 0) is 57.6 Å². The van der Waals surface area contributed by atoms with Gasteiger partial charge < -0.3 is 15.4 Å². The Hall–Kier alpha value is -2.83. The van der Waals surface area contributed by atoms with E-state index in [1.807, 2.05) is 0 Å². The second kappa shape index (κ2) is 11.3. The fraction of sp³-hybridized carbons (Fsp3) is 0.583. The molecule has 0 radical (unpaired) electrons. The summed E-state index contributed by atoms with van der Waals surface area (Å²) >= 11 is 0. The molecule has 0 unspecified atom stereocenters. The summed E-state index contributed by atoms with van der Waals surface area (Å²) in [6.45, 7) is 3.19. The van der Waals surface area contributed by atoms with Crippen LogP contribution in [0.5, 0.6) is 5.75 Å². The fourth-order valence-corrected chi connectivity index (χ4v) is 5.59. The summed E-state index contributed by atoms with van der Waals surface area (Å²) < 4.78 is 84.4. The summed E-state index contributed by atoms with van der Waals surface area (Å²) in [5.74, 6) is -1.38. The number of halogens is 4. The van der Waals surface area contributed by atoms with E-state index in [-0.39, 0.29) is 47.0 Å². The van der Waals surface area contributed by atoms with Crippen LogP contribution >= 0.6 is 0 Å². The first kappa shape index (κ1) is 28.7. The number of aromatic nitrogens is 2. The van der Waals surface area contributed by atoms with Crippen molar-refractivity contribution in [1.82, 2.24) is 15.1 Å². The topological polar surface area (TPSA) is 102 Å². The van der Waals surface area contributed by atoms with Crippen molar-refractivity contribution in [2.24, 2.45) is 5.92 Å². The number of sulfone groups is 1. The number of carbonyl (C=O) groups excluding carboxylic acids is 1. The van der Waals surface area contributed by atoms with Gasteiger partial charge in [0.05, 0.1) is 12.4 Å². The van der Waals surface area contributed by atoms with E-state index in [0.717, 1.165) is 6.92 Å². The fourth-order valence-electron chi connectivity index (χ4n) is 4.46. The summed E-state index contributed by atoms with van der Waals surface area (Å²) in [6.07, 6.45) is -0.900. The molecule has 2 N–H and O–H groups in total. The summed E-state index contributed by atoms with van der Waals surface area (Å²) in [4.78, 5) is 12.8. The number of amides is 1. The molecule has 0 bridgehead atoms. The van der Waals surface area contributed by atoms with E-state index in [1.54, 1.807) is 6.92 Å². The van der Waals surface area contributed by atoms with Crippen LogP contribution in [-0.4, -0.2) is 61.5 Å². The number of anilines is 1. The number of alkyl halides is 3. The number of nitrogens with one attached hydrogen (secondary N) is 2. The Morgan fingerprint density at radius 3 is 2.43 bits per heavy atom. The Balaban J connectivity index is 1.78. The molecule has 1 aromatic heterocycles. The average Bonchev–Trinajstić information content (AvgIpc) is 3.17. The maximum atomic E-state index is 15.5. The van der Waals surface area contributed by atoms with Crippen molar-refractivity contribution in [2.75, 3.05) is 25.2 Å². The minimum absolute atomic E-state index is 0.0198. The lowest BCUT2D eigenvalue weighted by Gasteiger charge is -2.27. The van der Waals surface area contributed by atoms with Gasteiger partial charge in [-0.25, -0.2) is 12.8 Å². The first-order valence-corrected chi connectivity index (χ1v) is 14.0. The summed E-state index contributed by atoms with van der Waals surface area (Å²) in [5, 5.41) is 8.80. The molecule has 1 saturated carbocycles. The molecule has 13 heteroatoms. The van der Waals surface area contributed by atoms with Crippen LogP contribution in [0, 0.1) is 11.7 Å². The number of aryl methyl sites for hydroxylation is 1. The van der Waals surface area contributed by atoms with E-state index in [9.17, 15) is 26.4 Å². The van der Waals surface area contributed by atoms with Gasteiger partial charge in [0.25, 0.3) is 5.91 Å². The molecule has 1 heterocycles. The lowest BCUT2D eigenvalue weighted by atomic mass is 9.89. The average molecular weight is 549 g/mol. The van der Waals surface area contributed by atoms with Crippen LogP contribution in [0.25, 0.3) is 11.3 Å². The zero-order valence-electron chi connectivity index (χ0n) is 21.2. The Morgan fingerprint density at radius 2 is 1.89 bits per heavy atom. The van der Waals surface area contributed by atoms with Crippen molar-refractivity contribution in [3.63, 3.8) is 0 Å². The quantitative estimate of drug-likeness (QED) is 0.450. The van der Waals surface area contributed by atoms with Crippen molar-refractivity contribution < 1.29 is 35.5 Å². The highest BCUT2D eigenvalue weighted by Crippen LogP contribution is 2.36. The molecule has 206 valence electrons. The minimum Gasteiger partial charge on any atom is -0.496 e. The summed E-state index contributed by atoms with van der Waals surface area (Å²) in [5.41, 5.74) is -0.0557. The third-order valence-electron chi connectivity index (χ3n) is 6.69. The molecule has 1 aliphatic carbocycles. The molecular formula is C24H32F4N4O4S. The smallest absolute Gasteiger partial charge is 0.408 e. The first-order chi connectivity index (χ1) is 17.3. The van der Waals surface area contributed by atoms with Crippen molar-refractivity contribution in [3.8, 4) is 17.0 Å². The zero-order chi connectivity index (χ0) is 27.5. The van der Waals surface area contributed by atoms with Gasteiger partial charge in [-0.2, -0.15) is 18.3 Å². The van der Waals surface area contributed by atoms with Gasteiger partial charge in [0.1, 0.15) is 27.3 Å². The van der Waals surface area contributed by atoms with Crippen molar-refractivity contribution in [2.45, 2.75) is 63.5 Å². The molecule has 0 spiro atoms. The molecule has 1 aromatic carbocycles. The van der Waals surface area contributed by atoms with Gasteiger partial charge in [-0.3, -0.25) is 9.48 Å². The normalized spacial score (nSPS) is 19.4. The molecule has 2 aromatic rings. The molecule has 1 aliphatic rings. The SMILES string of the molecule is CCn1nc(C(=O)NCC2CCC(S(C)(=O)=O)CC2)c(F)c1-c1ccc(N[C@H](C)C(F)(F)F)cc1OC. The standard InChI is InChI=1S/C24H32F4N4O4S/c1-5-32-22(18-11-8-16(12-19(18)36-3)30-14(2)24(26,27)28)20(25)21(31-32)23(33)29-13-15-6-9-17(10-7-15)37(4,34)35/h8,11-12,14-15,17,30H,5-7,9-10,13H2,1-4H3,(H,29,33)/t14-,15?,17?/m1/s1. The van der Waals surface area contributed by atoms with E-state index in [0.29, 0.717) is 25.7 Å². The van der Waals surface area contributed by atoms with Crippen LogP contribution < -0.4 is 15.4 Å². The number of benzene rings is 1. The number of rotatable bonds is 9. The van der Waals surface area contributed by atoms with Crippen molar-refractivity contribution >= 4 is 21.4 Å². The highest BCUT2D eigenvalue weighted by atomic mass is 32.2. The third-order valence-corrected chi connectivity index (χ3v) is 8.37. The van der Waals surface area contributed by atoms with E-state index in [2.05, 4.69) is 15.7 Å². The van der Waals surface area contributed by atoms with E-state index in [4.69, 9.17) is 4.74 Å². The number of hydrogen-bond donors (Lipinski definition) is 2. The van der Waals surface area contributed by atoms with E-state index in [1.165, 1.54) is 36.2 Å². The van der Waals surface area contributed by atoms with Crippen LogP contribution in [0.4, 0.5) is 23.2 Å². The molecule has 1 fully saturated rings. The highest BCUT2D eigenvalue weighted by Gasteiger charge is 2.36. The first-order valence-electron chi connectivity index (χ1n) is 12.0. The van der Waals surface area contributed by atoms with Crippen LogP contribution in [0.1, 0.15) is 50.0 Å². The van der Waals surface area contributed by atoms with Crippen LogP contribution in [0.2, 0.25) is 0 Å². The summed E-state index contributed by atoms with van der Waals surface area (Å²) in [7, 11) is -1.78. The van der Waals surface area contributed by atoms with Crippen molar-refractivity contribution in [1.29, 1.82) is 0 Å². The van der Waals surface area contributed by atoms with Crippen LogP contribution in [0.15, 0.2) is 18.2 Å². The zero-order valence-corrected chi connectivity index (χ0v) is 22.0. The van der Waals surface area contributed by atoms with E-state index >= 15 is 4.39 Å². The Bertz CT molecular complexity index is 1220. The van der Waals surface area contributed by atoms with Crippen LogP contribution in [0.3, 0.4) is 0 Å².